The molecule has 1 heterocycles. The molecule has 0 radical (unpaired) electrons. The van der Waals surface area contributed by atoms with Crippen LogP contribution < -0.4 is 10.2 Å². The number of nitrogens with one attached hydrogen (secondary N) is 1. The molecule has 120 valence electrons. The van der Waals surface area contributed by atoms with Crippen LogP contribution in [-0.4, -0.2) is 56.2 Å². The van der Waals surface area contributed by atoms with Crippen LogP contribution in [0.25, 0.3) is 0 Å². The zero-order chi connectivity index (χ0) is 16.1. The standard InChI is InChI=1S/C15H20FN3O3/c1-11(14(20)17-15(21)22-2)18-7-9-19(10-8-18)13-5-3-12(16)4-6-13/h3-6,11H,7-10H2,1-2H3,(H,17,20,21)/t11-/m0/s1. The number of halogens is 1. The Labute approximate surface area is 128 Å². The maximum Gasteiger partial charge on any atom is 0.413 e. The maximum atomic E-state index is 12.9. The third-order valence-electron chi connectivity index (χ3n) is 3.84. The molecule has 2 rings (SSSR count). The lowest BCUT2D eigenvalue weighted by molar-refractivity contribution is -0.125. The molecule has 2 amide bonds. The number of anilines is 1. The summed E-state index contributed by atoms with van der Waals surface area (Å²) in [6.07, 6.45) is -0.748. The number of amides is 2. The number of hydrogen-bond acceptors (Lipinski definition) is 5. The minimum Gasteiger partial charge on any atom is -0.453 e. The first-order valence-corrected chi connectivity index (χ1v) is 7.14. The summed E-state index contributed by atoms with van der Waals surface area (Å²) >= 11 is 0. The molecule has 1 aromatic rings. The molecule has 0 aliphatic carbocycles. The smallest absolute Gasteiger partial charge is 0.413 e. The number of nitrogens with zero attached hydrogens (tertiary/aromatic N) is 2. The van der Waals surface area contributed by atoms with E-state index < -0.39 is 12.1 Å². The van der Waals surface area contributed by atoms with Gasteiger partial charge < -0.3 is 9.64 Å². The van der Waals surface area contributed by atoms with Crippen molar-refractivity contribution in [3.05, 3.63) is 30.1 Å². The first-order chi connectivity index (χ1) is 10.5. The summed E-state index contributed by atoms with van der Waals surface area (Å²) in [6.45, 7) is 4.61. The fourth-order valence-corrected chi connectivity index (χ4v) is 2.44. The van der Waals surface area contributed by atoms with Gasteiger partial charge in [0.2, 0.25) is 5.91 Å². The molecule has 1 aromatic carbocycles. The molecule has 0 unspecified atom stereocenters. The van der Waals surface area contributed by atoms with E-state index in [9.17, 15) is 14.0 Å². The zero-order valence-corrected chi connectivity index (χ0v) is 12.7. The molecule has 0 saturated carbocycles. The second kappa shape index (κ2) is 7.22. The Bertz CT molecular complexity index is 527. The quantitative estimate of drug-likeness (QED) is 0.909. The van der Waals surface area contributed by atoms with E-state index in [-0.39, 0.29) is 11.7 Å². The number of carbonyl (C=O) groups is 2. The topological polar surface area (TPSA) is 61.9 Å². The first kappa shape index (κ1) is 16.2. The number of imide groups is 1. The van der Waals surface area contributed by atoms with Crippen molar-refractivity contribution >= 4 is 17.7 Å². The van der Waals surface area contributed by atoms with Gasteiger partial charge in [-0.15, -0.1) is 0 Å². The van der Waals surface area contributed by atoms with Crippen LogP contribution in [-0.2, 0) is 9.53 Å². The average molecular weight is 309 g/mol. The largest absolute Gasteiger partial charge is 0.453 e. The highest BCUT2D eigenvalue weighted by atomic mass is 19.1. The van der Waals surface area contributed by atoms with Crippen molar-refractivity contribution in [3.8, 4) is 0 Å². The Kier molecular flexibility index (Phi) is 5.32. The van der Waals surface area contributed by atoms with Crippen LogP contribution in [0.4, 0.5) is 14.9 Å². The number of hydrogen-bond donors (Lipinski definition) is 1. The molecule has 6 nitrogen and oxygen atoms in total. The van der Waals surface area contributed by atoms with E-state index in [0.29, 0.717) is 13.1 Å². The van der Waals surface area contributed by atoms with Gasteiger partial charge in [0, 0.05) is 31.9 Å². The van der Waals surface area contributed by atoms with E-state index in [1.807, 2.05) is 4.90 Å². The minimum absolute atomic E-state index is 0.254. The highest BCUT2D eigenvalue weighted by Gasteiger charge is 2.26. The number of carbonyl (C=O) groups excluding carboxylic acids is 2. The molecule has 7 heteroatoms. The van der Waals surface area contributed by atoms with Crippen molar-refractivity contribution in [2.24, 2.45) is 0 Å². The first-order valence-electron chi connectivity index (χ1n) is 7.14. The molecule has 0 bridgehead atoms. The maximum absolute atomic E-state index is 12.9. The summed E-state index contributed by atoms with van der Waals surface area (Å²) in [5.74, 6) is -0.627. The van der Waals surface area contributed by atoms with Gasteiger partial charge in [0.05, 0.1) is 13.2 Å². The summed E-state index contributed by atoms with van der Waals surface area (Å²) in [6, 6.07) is 5.97. The van der Waals surface area contributed by atoms with E-state index in [1.54, 1.807) is 19.1 Å². The van der Waals surface area contributed by atoms with E-state index in [2.05, 4.69) is 15.0 Å². The predicted octanol–water partition coefficient (Wildman–Crippen LogP) is 1.22. The number of benzene rings is 1. The van der Waals surface area contributed by atoms with E-state index >= 15 is 0 Å². The van der Waals surface area contributed by atoms with Gasteiger partial charge in [-0.3, -0.25) is 15.0 Å². The molecule has 1 aliphatic rings. The zero-order valence-electron chi connectivity index (χ0n) is 12.7. The molecule has 1 aliphatic heterocycles. The number of piperazine rings is 1. The molecule has 0 spiro atoms. The van der Waals surface area contributed by atoms with Crippen LogP contribution in [0.1, 0.15) is 6.92 Å². The van der Waals surface area contributed by atoms with Crippen LogP contribution in [0.15, 0.2) is 24.3 Å². The lowest BCUT2D eigenvalue weighted by Gasteiger charge is -2.38. The normalized spacial score (nSPS) is 17.0. The van der Waals surface area contributed by atoms with E-state index in [1.165, 1.54) is 19.2 Å². The van der Waals surface area contributed by atoms with Gasteiger partial charge in [-0.25, -0.2) is 9.18 Å². The van der Waals surface area contributed by atoms with Crippen molar-refractivity contribution in [3.63, 3.8) is 0 Å². The van der Waals surface area contributed by atoms with Crippen LogP contribution >= 0.6 is 0 Å². The fourth-order valence-electron chi connectivity index (χ4n) is 2.44. The Hall–Kier alpha value is -2.15. The van der Waals surface area contributed by atoms with E-state index in [0.717, 1.165) is 18.8 Å². The van der Waals surface area contributed by atoms with Gasteiger partial charge in [0.15, 0.2) is 0 Å². The van der Waals surface area contributed by atoms with Crippen molar-refractivity contribution in [2.75, 3.05) is 38.2 Å². The van der Waals surface area contributed by atoms with Gasteiger partial charge in [-0.2, -0.15) is 0 Å². The lowest BCUT2D eigenvalue weighted by atomic mass is 10.2. The molecular weight excluding hydrogens is 289 g/mol. The number of rotatable bonds is 3. The monoisotopic (exact) mass is 309 g/mol. The Balaban J connectivity index is 1.87. The average Bonchev–Trinajstić information content (AvgIpc) is 2.55. The third kappa shape index (κ3) is 3.94. The summed E-state index contributed by atoms with van der Waals surface area (Å²) in [4.78, 5) is 27.1. The highest BCUT2D eigenvalue weighted by molar-refractivity contribution is 5.94. The second-order valence-corrected chi connectivity index (χ2v) is 5.16. The van der Waals surface area contributed by atoms with Gasteiger partial charge in [0.25, 0.3) is 0 Å². The fraction of sp³-hybridized carbons (Fsp3) is 0.467. The number of alkyl carbamates (subject to hydrolysis) is 1. The summed E-state index contributed by atoms with van der Waals surface area (Å²) < 4.78 is 17.3. The number of methoxy groups -OCH3 is 1. The second-order valence-electron chi connectivity index (χ2n) is 5.16. The molecular formula is C15H20FN3O3. The van der Waals surface area contributed by atoms with Gasteiger partial charge in [0.1, 0.15) is 5.82 Å². The van der Waals surface area contributed by atoms with Gasteiger partial charge in [-0.05, 0) is 31.2 Å². The van der Waals surface area contributed by atoms with Gasteiger partial charge >= 0.3 is 6.09 Å². The van der Waals surface area contributed by atoms with Crippen molar-refractivity contribution < 1.29 is 18.7 Å². The number of ether oxygens (including phenoxy) is 1. The van der Waals surface area contributed by atoms with Gasteiger partial charge in [-0.1, -0.05) is 0 Å². The molecule has 22 heavy (non-hydrogen) atoms. The third-order valence-corrected chi connectivity index (χ3v) is 3.84. The lowest BCUT2D eigenvalue weighted by Crippen LogP contribution is -2.54. The molecule has 1 fully saturated rings. The van der Waals surface area contributed by atoms with Crippen molar-refractivity contribution in [1.29, 1.82) is 0 Å². The van der Waals surface area contributed by atoms with Crippen LogP contribution in [0.2, 0.25) is 0 Å². The molecule has 0 aromatic heterocycles. The molecule has 1 N–H and O–H groups in total. The van der Waals surface area contributed by atoms with Crippen LogP contribution in [0.5, 0.6) is 0 Å². The predicted molar refractivity (Wildman–Crippen MR) is 80.2 cm³/mol. The highest BCUT2D eigenvalue weighted by Crippen LogP contribution is 2.17. The van der Waals surface area contributed by atoms with Crippen LogP contribution in [0, 0.1) is 5.82 Å². The summed E-state index contributed by atoms with van der Waals surface area (Å²) in [5.41, 5.74) is 0.965. The van der Waals surface area contributed by atoms with Crippen LogP contribution in [0.3, 0.4) is 0 Å². The van der Waals surface area contributed by atoms with E-state index in [4.69, 9.17) is 0 Å². The Morgan fingerprint density at radius 2 is 1.77 bits per heavy atom. The molecule has 1 atom stereocenters. The Morgan fingerprint density at radius 3 is 2.32 bits per heavy atom. The molecule has 1 saturated heterocycles. The summed E-state index contributed by atoms with van der Waals surface area (Å²) in [5, 5.41) is 2.18. The summed E-state index contributed by atoms with van der Waals surface area (Å²) in [7, 11) is 1.22. The minimum atomic E-state index is -0.748. The SMILES string of the molecule is COC(=O)NC(=O)[C@H](C)N1CCN(c2ccc(F)cc2)CC1. The van der Waals surface area contributed by atoms with Crippen molar-refractivity contribution in [1.82, 2.24) is 10.2 Å². The Morgan fingerprint density at radius 1 is 1.18 bits per heavy atom. The van der Waals surface area contributed by atoms with Crippen molar-refractivity contribution in [2.45, 2.75) is 13.0 Å².